The summed E-state index contributed by atoms with van der Waals surface area (Å²) < 4.78 is 38.0. The number of alkyl halides is 3. The van der Waals surface area contributed by atoms with Crippen LogP contribution in [-0.2, 0) is 6.18 Å². The van der Waals surface area contributed by atoms with Gasteiger partial charge in [0.15, 0.2) is 5.69 Å². The third kappa shape index (κ3) is 3.20. The van der Waals surface area contributed by atoms with Crippen LogP contribution in [0.2, 0.25) is 0 Å². The number of carboxylic acids is 1. The maximum Gasteiger partial charge on any atom is 0.435 e. The van der Waals surface area contributed by atoms with E-state index in [0.29, 0.717) is 22.6 Å². The number of hydrogen-bond acceptors (Lipinski definition) is 4. The molecule has 0 spiro atoms. The van der Waals surface area contributed by atoms with Gasteiger partial charge in [-0.1, -0.05) is 12.1 Å². The van der Waals surface area contributed by atoms with Crippen molar-refractivity contribution in [3.8, 4) is 10.6 Å². The van der Waals surface area contributed by atoms with Crippen LogP contribution in [0.3, 0.4) is 0 Å². The van der Waals surface area contributed by atoms with E-state index in [4.69, 9.17) is 10.8 Å². The van der Waals surface area contributed by atoms with Gasteiger partial charge in [-0.2, -0.15) is 13.2 Å². The van der Waals surface area contributed by atoms with E-state index in [1.807, 2.05) is 0 Å². The highest BCUT2D eigenvalue weighted by Gasteiger charge is 2.39. The number of hydrogen-bond donors (Lipinski definition) is 2. The molecule has 3 N–H and O–H groups in total. The number of carbonyl (C=O) groups is 1. The average Bonchev–Trinajstić information content (AvgIpc) is 2.73. The van der Waals surface area contributed by atoms with E-state index in [9.17, 15) is 18.0 Å². The van der Waals surface area contributed by atoms with Crippen LogP contribution in [0, 0.1) is 0 Å². The van der Waals surface area contributed by atoms with E-state index >= 15 is 0 Å². The fourth-order valence-corrected chi connectivity index (χ4v) is 2.37. The maximum absolute atomic E-state index is 12.7. The second-order valence-electron chi connectivity index (χ2n) is 3.63. The Bertz CT molecular complexity index is 643. The molecule has 108 valence electrons. The number of nitrogens with zero attached hydrogens (tertiary/aromatic N) is 1. The first-order chi connectivity index (χ1) is 8.79. The van der Waals surface area contributed by atoms with Crippen LogP contribution in [0.15, 0.2) is 24.3 Å². The van der Waals surface area contributed by atoms with Crippen LogP contribution >= 0.6 is 23.7 Å². The summed E-state index contributed by atoms with van der Waals surface area (Å²) in [7, 11) is 0. The molecule has 0 saturated carbocycles. The standard InChI is InChI=1S/C11H7F3N2O2S.ClH/c12-11(13,14)8-7(10(17)18)19-9(16-8)5-2-1-3-6(15)4-5;/h1-4H,15H2,(H,17,18);1H. The Balaban J connectivity index is 0.00000200. The summed E-state index contributed by atoms with van der Waals surface area (Å²) in [5, 5.41) is 8.76. The largest absolute Gasteiger partial charge is 0.477 e. The molecule has 1 aromatic heterocycles. The van der Waals surface area contributed by atoms with E-state index in [2.05, 4.69) is 4.98 Å². The summed E-state index contributed by atoms with van der Waals surface area (Å²) in [6.07, 6.45) is -4.80. The average molecular weight is 325 g/mol. The Labute approximate surface area is 121 Å². The van der Waals surface area contributed by atoms with E-state index in [-0.39, 0.29) is 17.4 Å². The van der Waals surface area contributed by atoms with Crippen LogP contribution in [0.1, 0.15) is 15.4 Å². The smallest absolute Gasteiger partial charge is 0.435 e. The molecule has 1 aromatic carbocycles. The van der Waals surface area contributed by atoms with Crippen LogP contribution in [0.4, 0.5) is 18.9 Å². The molecule has 2 aromatic rings. The molecule has 20 heavy (non-hydrogen) atoms. The van der Waals surface area contributed by atoms with Crippen molar-refractivity contribution in [3.63, 3.8) is 0 Å². The highest BCUT2D eigenvalue weighted by atomic mass is 35.5. The fraction of sp³-hybridized carbons (Fsp3) is 0.0909. The van der Waals surface area contributed by atoms with Crippen molar-refractivity contribution in [3.05, 3.63) is 34.8 Å². The van der Waals surface area contributed by atoms with Gasteiger partial charge in [0.1, 0.15) is 9.88 Å². The lowest BCUT2D eigenvalue weighted by molar-refractivity contribution is -0.141. The molecule has 0 fully saturated rings. The summed E-state index contributed by atoms with van der Waals surface area (Å²) in [5.41, 5.74) is 4.85. The molecule has 0 amide bonds. The van der Waals surface area contributed by atoms with E-state index in [1.165, 1.54) is 12.1 Å². The van der Waals surface area contributed by atoms with Gasteiger partial charge in [-0.3, -0.25) is 0 Å². The topological polar surface area (TPSA) is 76.2 Å². The van der Waals surface area contributed by atoms with Gasteiger partial charge in [0.25, 0.3) is 0 Å². The number of nitrogen functional groups attached to an aromatic ring is 1. The number of nitrogens with two attached hydrogens (primary N) is 1. The summed E-state index contributed by atoms with van der Waals surface area (Å²) in [5.74, 6) is -1.65. The van der Waals surface area contributed by atoms with Gasteiger partial charge >= 0.3 is 12.1 Å². The lowest BCUT2D eigenvalue weighted by atomic mass is 10.2. The van der Waals surface area contributed by atoms with Crippen molar-refractivity contribution in [2.75, 3.05) is 5.73 Å². The molecule has 0 radical (unpaired) electrons. The van der Waals surface area contributed by atoms with Crippen LogP contribution in [0.25, 0.3) is 10.6 Å². The Morgan fingerprint density at radius 2 is 2.00 bits per heavy atom. The number of anilines is 1. The highest BCUT2D eigenvalue weighted by Crippen LogP contribution is 2.37. The number of rotatable bonds is 2. The first-order valence-corrected chi connectivity index (χ1v) is 5.78. The summed E-state index contributed by atoms with van der Waals surface area (Å²) >= 11 is 0.470. The lowest BCUT2D eigenvalue weighted by Crippen LogP contribution is -2.11. The molecule has 4 nitrogen and oxygen atoms in total. The molecule has 9 heteroatoms. The normalized spacial score (nSPS) is 10.9. The summed E-state index contributed by atoms with van der Waals surface area (Å²) in [6, 6.07) is 6.07. The van der Waals surface area contributed by atoms with Gasteiger partial charge in [0.2, 0.25) is 0 Å². The molecular formula is C11H8ClF3N2O2S. The molecule has 0 aliphatic heterocycles. The minimum atomic E-state index is -4.80. The second kappa shape index (κ2) is 5.68. The minimum absolute atomic E-state index is 0. The Kier molecular flexibility index (Phi) is 4.61. The zero-order chi connectivity index (χ0) is 14.2. The zero-order valence-electron chi connectivity index (χ0n) is 9.64. The molecule has 0 aliphatic rings. The zero-order valence-corrected chi connectivity index (χ0v) is 11.3. The van der Waals surface area contributed by atoms with Crippen molar-refractivity contribution in [2.24, 2.45) is 0 Å². The summed E-state index contributed by atoms with van der Waals surface area (Å²) in [4.78, 5) is 13.4. The Morgan fingerprint density at radius 1 is 1.35 bits per heavy atom. The molecule has 1 heterocycles. The molecule has 2 rings (SSSR count). The number of aromatic nitrogens is 1. The van der Waals surface area contributed by atoms with Crippen LogP contribution < -0.4 is 5.73 Å². The first kappa shape index (κ1) is 16.3. The SMILES string of the molecule is Cl.Nc1cccc(-c2nc(C(F)(F)F)c(C(=O)O)s2)c1. The number of thiazole rings is 1. The number of halogens is 4. The number of aromatic carboxylic acids is 1. The van der Waals surface area contributed by atoms with Gasteiger partial charge in [0.05, 0.1) is 0 Å². The molecule has 0 unspecified atom stereocenters. The number of benzene rings is 1. The second-order valence-corrected chi connectivity index (χ2v) is 4.62. The van der Waals surface area contributed by atoms with Gasteiger partial charge in [-0.05, 0) is 12.1 Å². The van der Waals surface area contributed by atoms with Crippen LogP contribution in [0.5, 0.6) is 0 Å². The van der Waals surface area contributed by atoms with Crippen molar-refractivity contribution in [2.45, 2.75) is 6.18 Å². The van der Waals surface area contributed by atoms with E-state index in [1.54, 1.807) is 12.1 Å². The Morgan fingerprint density at radius 3 is 2.45 bits per heavy atom. The monoisotopic (exact) mass is 324 g/mol. The fourth-order valence-electron chi connectivity index (χ4n) is 1.45. The van der Waals surface area contributed by atoms with Gasteiger partial charge in [0, 0.05) is 11.3 Å². The predicted molar refractivity (Wildman–Crippen MR) is 71.2 cm³/mol. The van der Waals surface area contributed by atoms with Gasteiger partial charge in [-0.25, -0.2) is 9.78 Å². The third-order valence-electron chi connectivity index (χ3n) is 2.22. The number of carboxylic acid groups (broad SMARTS) is 1. The van der Waals surface area contributed by atoms with Gasteiger partial charge < -0.3 is 10.8 Å². The third-order valence-corrected chi connectivity index (χ3v) is 3.32. The highest BCUT2D eigenvalue weighted by molar-refractivity contribution is 7.17. The molecule has 0 bridgehead atoms. The molecule has 0 saturated heterocycles. The van der Waals surface area contributed by atoms with Gasteiger partial charge in [-0.15, -0.1) is 23.7 Å². The van der Waals surface area contributed by atoms with Crippen molar-refractivity contribution >= 4 is 35.4 Å². The minimum Gasteiger partial charge on any atom is -0.477 e. The molecule has 0 aliphatic carbocycles. The molecule has 0 atom stereocenters. The Hall–Kier alpha value is -1.80. The van der Waals surface area contributed by atoms with Crippen molar-refractivity contribution < 1.29 is 23.1 Å². The summed E-state index contributed by atoms with van der Waals surface area (Å²) in [6.45, 7) is 0. The van der Waals surface area contributed by atoms with Crippen molar-refractivity contribution in [1.29, 1.82) is 0 Å². The molecular weight excluding hydrogens is 317 g/mol. The first-order valence-electron chi connectivity index (χ1n) is 4.96. The lowest BCUT2D eigenvalue weighted by Gasteiger charge is -2.02. The van der Waals surface area contributed by atoms with Crippen molar-refractivity contribution in [1.82, 2.24) is 4.98 Å². The van der Waals surface area contributed by atoms with Crippen LogP contribution in [-0.4, -0.2) is 16.1 Å². The maximum atomic E-state index is 12.7. The predicted octanol–water partition coefficient (Wildman–Crippen LogP) is 3.53. The van der Waals surface area contributed by atoms with E-state index in [0.717, 1.165) is 0 Å². The quantitative estimate of drug-likeness (QED) is 0.829. The van der Waals surface area contributed by atoms with E-state index < -0.39 is 22.7 Å².